The maximum atomic E-state index is 14.2. The standard InChI is InChI=1S/C27H20FN5O/c1-17-29-25-23(27(34)32(17)15-14-18-8-3-2-4-9-18)24-26(31-22-13-6-5-12-21(22)30-24)33(25)20-11-7-10-19(28)16-20/h2-13,16H,14-15H2,1H3. The van der Waals surface area contributed by atoms with E-state index in [4.69, 9.17) is 15.0 Å². The number of fused-ring (bicyclic) bond motifs is 4. The van der Waals surface area contributed by atoms with E-state index in [1.807, 2.05) is 61.5 Å². The van der Waals surface area contributed by atoms with Crippen molar-refractivity contribution < 1.29 is 4.39 Å². The molecule has 6 aromatic rings. The Labute approximate surface area is 194 Å². The van der Waals surface area contributed by atoms with Gasteiger partial charge in [0.05, 0.1) is 16.7 Å². The molecule has 6 nitrogen and oxygen atoms in total. The molecule has 34 heavy (non-hydrogen) atoms. The third kappa shape index (κ3) is 3.25. The van der Waals surface area contributed by atoms with Crippen LogP contribution >= 0.6 is 0 Å². The lowest BCUT2D eigenvalue weighted by Crippen LogP contribution is -2.25. The van der Waals surface area contributed by atoms with E-state index >= 15 is 0 Å². The molecule has 0 saturated heterocycles. The second-order valence-corrected chi connectivity index (χ2v) is 8.25. The first-order chi connectivity index (χ1) is 16.6. The third-order valence-electron chi connectivity index (χ3n) is 6.09. The van der Waals surface area contributed by atoms with Crippen molar-refractivity contribution in [3.05, 3.63) is 106 Å². The number of rotatable bonds is 4. The topological polar surface area (TPSA) is 65.6 Å². The van der Waals surface area contributed by atoms with Gasteiger partial charge in [-0.05, 0) is 49.2 Å². The molecule has 0 amide bonds. The van der Waals surface area contributed by atoms with Crippen LogP contribution in [0.2, 0.25) is 0 Å². The van der Waals surface area contributed by atoms with Crippen LogP contribution in [0.25, 0.3) is 38.9 Å². The molecule has 3 aromatic carbocycles. The minimum Gasteiger partial charge on any atom is -0.296 e. The Morgan fingerprint density at radius 1 is 0.824 bits per heavy atom. The highest BCUT2D eigenvalue weighted by Gasteiger charge is 2.22. The van der Waals surface area contributed by atoms with Crippen LogP contribution in [0.15, 0.2) is 83.7 Å². The van der Waals surface area contributed by atoms with E-state index < -0.39 is 0 Å². The first-order valence-electron chi connectivity index (χ1n) is 11.1. The fraction of sp³-hybridized carbons (Fsp3) is 0.111. The first-order valence-corrected chi connectivity index (χ1v) is 11.1. The van der Waals surface area contributed by atoms with Crippen molar-refractivity contribution in [1.29, 1.82) is 0 Å². The monoisotopic (exact) mass is 449 g/mol. The molecule has 6 rings (SSSR count). The van der Waals surface area contributed by atoms with Crippen LogP contribution < -0.4 is 5.56 Å². The number of benzene rings is 3. The van der Waals surface area contributed by atoms with Crippen molar-refractivity contribution in [2.45, 2.75) is 19.9 Å². The second-order valence-electron chi connectivity index (χ2n) is 8.25. The van der Waals surface area contributed by atoms with Crippen molar-refractivity contribution in [2.75, 3.05) is 0 Å². The predicted octanol–water partition coefficient (Wildman–Crippen LogP) is 4.97. The van der Waals surface area contributed by atoms with Crippen molar-refractivity contribution in [2.24, 2.45) is 0 Å². The van der Waals surface area contributed by atoms with Gasteiger partial charge < -0.3 is 0 Å². The smallest absolute Gasteiger partial charge is 0.265 e. The van der Waals surface area contributed by atoms with Crippen LogP contribution in [0, 0.1) is 12.7 Å². The van der Waals surface area contributed by atoms with Crippen LogP contribution in [0.5, 0.6) is 0 Å². The summed E-state index contributed by atoms with van der Waals surface area (Å²) >= 11 is 0. The molecule has 0 spiro atoms. The van der Waals surface area contributed by atoms with E-state index in [0.29, 0.717) is 57.7 Å². The summed E-state index contributed by atoms with van der Waals surface area (Å²) < 4.78 is 17.6. The van der Waals surface area contributed by atoms with Crippen LogP contribution in [-0.4, -0.2) is 24.1 Å². The van der Waals surface area contributed by atoms with E-state index in [1.165, 1.54) is 12.1 Å². The number of aryl methyl sites for hydroxylation is 2. The van der Waals surface area contributed by atoms with Gasteiger partial charge >= 0.3 is 0 Å². The lowest BCUT2D eigenvalue weighted by Gasteiger charge is -2.11. The summed E-state index contributed by atoms with van der Waals surface area (Å²) in [7, 11) is 0. The zero-order valence-corrected chi connectivity index (χ0v) is 18.4. The average molecular weight is 449 g/mol. The van der Waals surface area contributed by atoms with Gasteiger partial charge in [-0.2, -0.15) is 0 Å². The summed E-state index contributed by atoms with van der Waals surface area (Å²) in [6.07, 6.45) is 0.700. The Bertz CT molecular complexity index is 1750. The fourth-order valence-corrected chi connectivity index (χ4v) is 4.44. The number of hydrogen-bond donors (Lipinski definition) is 0. The van der Waals surface area contributed by atoms with Crippen LogP contribution in [0.4, 0.5) is 4.39 Å². The molecule has 0 fully saturated rings. The van der Waals surface area contributed by atoms with Crippen molar-refractivity contribution >= 4 is 33.2 Å². The lowest BCUT2D eigenvalue weighted by molar-refractivity contribution is 0.626. The second kappa shape index (κ2) is 7.88. The molecule has 0 aliphatic heterocycles. The third-order valence-corrected chi connectivity index (χ3v) is 6.09. The Hall–Kier alpha value is -4.39. The molecule has 0 aliphatic rings. The van der Waals surface area contributed by atoms with E-state index in [1.54, 1.807) is 21.3 Å². The number of hydrogen-bond acceptors (Lipinski definition) is 4. The molecule has 0 aliphatic carbocycles. The lowest BCUT2D eigenvalue weighted by atomic mass is 10.1. The summed E-state index contributed by atoms with van der Waals surface area (Å²) in [6, 6.07) is 23.7. The van der Waals surface area contributed by atoms with Gasteiger partial charge in [0.1, 0.15) is 22.5 Å². The summed E-state index contributed by atoms with van der Waals surface area (Å²) in [6.45, 7) is 2.31. The summed E-state index contributed by atoms with van der Waals surface area (Å²) in [5, 5.41) is 0.385. The van der Waals surface area contributed by atoms with Gasteiger partial charge in [-0.3, -0.25) is 13.9 Å². The summed E-state index contributed by atoms with van der Waals surface area (Å²) in [5.74, 6) is 0.201. The zero-order chi connectivity index (χ0) is 23.2. The van der Waals surface area contributed by atoms with E-state index in [2.05, 4.69) is 0 Å². The normalized spacial score (nSPS) is 11.6. The van der Waals surface area contributed by atoms with Gasteiger partial charge in [0.15, 0.2) is 11.3 Å². The van der Waals surface area contributed by atoms with Crippen LogP contribution in [-0.2, 0) is 13.0 Å². The van der Waals surface area contributed by atoms with Crippen LogP contribution in [0.1, 0.15) is 11.4 Å². The highest BCUT2D eigenvalue weighted by molar-refractivity contribution is 6.05. The van der Waals surface area contributed by atoms with E-state index in [9.17, 15) is 9.18 Å². The Kier molecular flexibility index (Phi) is 4.69. The minimum atomic E-state index is -0.380. The molecular weight excluding hydrogens is 429 g/mol. The molecule has 0 saturated carbocycles. The van der Waals surface area contributed by atoms with Crippen molar-refractivity contribution in [3.63, 3.8) is 0 Å². The number of aromatic nitrogens is 5. The van der Waals surface area contributed by atoms with Gasteiger partial charge in [-0.15, -0.1) is 0 Å². The van der Waals surface area contributed by atoms with Gasteiger partial charge in [0, 0.05) is 6.54 Å². The fourth-order valence-electron chi connectivity index (χ4n) is 4.44. The molecule has 3 heterocycles. The first kappa shape index (κ1) is 20.2. The van der Waals surface area contributed by atoms with Gasteiger partial charge in [0.25, 0.3) is 5.56 Å². The average Bonchev–Trinajstić information content (AvgIpc) is 3.16. The maximum Gasteiger partial charge on any atom is 0.265 e. The summed E-state index contributed by atoms with van der Waals surface area (Å²) in [4.78, 5) is 28.2. The Morgan fingerprint density at radius 2 is 1.56 bits per heavy atom. The molecular formula is C27H20FN5O. The van der Waals surface area contributed by atoms with Gasteiger partial charge in [0.2, 0.25) is 0 Å². The molecule has 0 bridgehead atoms. The van der Waals surface area contributed by atoms with Crippen LogP contribution in [0.3, 0.4) is 0 Å². The number of nitrogens with zero attached hydrogens (tertiary/aromatic N) is 5. The molecule has 7 heteroatoms. The molecule has 0 radical (unpaired) electrons. The summed E-state index contributed by atoms with van der Waals surface area (Å²) in [5.41, 5.74) is 4.24. The van der Waals surface area contributed by atoms with Gasteiger partial charge in [-0.1, -0.05) is 48.5 Å². The molecule has 0 unspecified atom stereocenters. The van der Waals surface area contributed by atoms with E-state index in [-0.39, 0.29) is 11.4 Å². The maximum absolute atomic E-state index is 14.2. The van der Waals surface area contributed by atoms with Gasteiger partial charge in [-0.25, -0.2) is 19.3 Å². The zero-order valence-electron chi connectivity index (χ0n) is 18.4. The molecule has 0 atom stereocenters. The highest BCUT2D eigenvalue weighted by atomic mass is 19.1. The number of halogens is 1. The molecule has 3 aromatic heterocycles. The Morgan fingerprint density at radius 3 is 2.32 bits per heavy atom. The highest BCUT2D eigenvalue weighted by Crippen LogP contribution is 2.29. The van der Waals surface area contributed by atoms with E-state index in [0.717, 1.165) is 5.56 Å². The number of para-hydroxylation sites is 2. The van der Waals surface area contributed by atoms with Crippen molar-refractivity contribution in [3.8, 4) is 5.69 Å². The molecule has 166 valence electrons. The van der Waals surface area contributed by atoms with Crippen molar-refractivity contribution in [1.82, 2.24) is 24.1 Å². The predicted molar refractivity (Wildman–Crippen MR) is 131 cm³/mol. The Balaban J connectivity index is 1.66. The molecule has 0 N–H and O–H groups in total. The SMILES string of the molecule is Cc1nc2c(c(=O)n1CCc1ccccc1)c1nc3ccccc3nc1n2-c1cccc(F)c1. The minimum absolute atomic E-state index is 0.178. The quantitative estimate of drug-likeness (QED) is 0.381. The largest absolute Gasteiger partial charge is 0.296 e.